The minimum atomic E-state index is -0.532. The van der Waals surface area contributed by atoms with Crippen LogP contribution >= 0.6 is 11.6 Å². The highest BCUT2D eigenvalue weighted by Gasteiger charge is 2.41. The van der Waals surface area contributed by atoms with E-state index in [0.717, 1.165) is 51.1 Å². The number of piperazine rings is 1. The van der Waals surface area contributed by atoms with E-state index >= 15 is 0 Å². The summed E-state index contributed by atoms with van der Waals surface area (Å²) in [6, 6.07) is 16.5. The van der Waals surface area contributed by atoms with E-state index in [1.807, 2.05) is 24.3 Å². The topological polar surface area (TPSA) is 44.8 Å². The van der Waals surface area contributed by atoms with Gasteiger partial charge in [-0.15, -0.1) is 0 Å². The number of anilines is 1. The van der Waals surface area contributed by atoms with Crippen molar-refractivity contribution in [1.82, 2.24) is 10.2 Å². The minimum Gasteiger partial charge on any atom is -0.381 e. The smallest absolute Gasteiger partial charge is 0.230 e. The number of halogens is 1. The first-order chi connectivity index (χ1) is 16.1. The largest absolute Gasteiger partial charge is 0.381 e. The number of ether oxygens (including phenoxy) is 1. The Morgan fingerprint density at radius 1 is 1.03 bits per heavy atom. The van der Waals surface area contributed by atoms with Crippen LogP contribution in [0.15, 0.2) is 48.5 Å². The molecule has 2 fully saturated rings. The Labute approximate surface area is 203 Å². The molecule has 4 rings (SSSR count). The van der Waals surface area contributed by atoms with Crippen LogP contribution in [0.2, 0.25) is 5.02 Å². The molecule has 6 heteroatoms. The molecule has 0 unspecified atom stereocenters. The number of carbonyl (C=O) groups excluding carboxylic acids is 1. The zero-order valence-corrected chi connectivity index (χ0v) is 20.4. The number of unbranched alkanes of at least 4 members (excludes halogenated alkanes) is 1. The van der Waals surface area contributed by atoms with Gasteiger partial charge in [-0.05, 0) is 74.5 Å². The van der Waals surface area contributed by atoms with E-state index in [1.54, 1.807) is 0 Å². The van der Waals surface area contributed by atoms with Crippen LogP contribution in [0.5, 0.6) is 0 Å². The molecule has 2 aliphatic rings. The van der Waals surface area contributed by atoms with Gasteiger partial charge in [0.15, 0.2) is 0 Å². The molecule has 0 radical (unpaired) electrons. The lowest BCUT2D eigenvalue weighted by Crippen LogP contribution is -2.48. The van der Waals surface area contributed by atoms with Gasteiger partial charge in [0.1, 0.15) is 0 Å². The average Bonchev–Trinajstić information content (AvgIpc) is 2.84. The van der Waals surface area contributed by atoms with Crippen LogP contribution < -0.4 is 10.2 Å². The molecule has 2 aromatic rings. The second-order valence-electron chi connectivity index (χ2n) is 9.34. The summed E-state index contributed by atoms with van der Waals surface area (Å²) in [4.78, 5) is 18.3. The third-order valence-corrected chi connectivity index (χ3v) is 7.32. The van der Waals surface area contributed by atoms with Gasteiger partial charge in [0.05, 0.1) is 5.41 Å². The first-order valence-corrected chi connectivity index (χ1v) is 12.6. The Balaban J connectivity index is 1.20. The Morgan fingerprint density at radius 3 is 2.52 bits per heavy atom. The van der Waals surface area contributed by atoms with Gasteiger partial charge >= 0.3 is 0 Å². The predicted octanol–water partition coefficient (Wildman–Crippen LogP) is 4.42. The Hall–Kier alpha value is -2.08. The molecule has 178 valence electrons. The number of amides is 1. The van der Waals surface area contributed by atoms with Gasteiger partial charge in [0, 0.05) is 56.6 Å². The molecule has 2 saturated heterocycles. The molecule has 2 aromatic carbocycles. The molecule has 5 nitrogen and oxygen atoms in total. The van der Waals surface area contributed by atoms with Gasteiger partial charge in [0.2, 0.25) is 5.91 Å². The summed E-state index contributed by atoms with van der Waals surface area (Å²) in [6.07, 6.45) is 3.48. The van der Waals surface area contributed by atoms with Gasteiger partial charge in [0.25, 0.3) is 0 Å². The predicted molar refractivity (Wildman–Crippen MR) is 135 cm³/mol. The molecule has 0 bridgehead atoms. The first kappa shape index (κ1) is 24.1. The molecule has 1 N–H and O–H groups in total. The van der Waals surface area contributed by atoms with Crippen LogP contribution in [0.4, 0.5) is 5.69 Å². The number of hydrogen-bond donors (Lipinski definition) is 1. The zero-order valence-electron chi connectivity index (χ0n) is 19.7. The van der Waals surface area contributed by atoms with Crippen molar-refractivity contribution in [3.05, 3.63) is 64.7 Å². The fourth-order valence-corrected chi connectivity index (χ4v) is 5.23. The maximum absolute atomic E-state index is 13.3. The molecular weight excluding hydrogens is 434 g/mol. The number of nitrogens with zero attached hydrogens (tertiary/aromatic N) is 2. The molecule has 0 aromatic heterocycles. The Bertz CT molecular complexity index is 921. The van der Waals surface area contributed by atoms with Crippen LogP contribution in [-0.4, -0.2) is 63.3 Å². The summed E-state index contributed by atoms with van der Waals surface area (Å²) in [5.41, 5.74) is 3.12. The highest BCUT2D eigenvalue weighted by molar-refractivity contribution is 6.30. The van der Waals surface area contributed by atoms with Gasteiger partial charge < -0.3 is 15.0 Å². The Kier molecular flexibility index (Phi) is 8.29. The number of rotatable bonds is 8. The minimum absolute atomic E-state index is 0.111. The van der Waals surface area contributed by atoms with E-state index in [1.165, 1.54) is 11.3 Å². The summed E-state index contributed by atoms with van der Waals surface area (Å²) >= 11 is 6.23. The summed E-state index contributed by atoms with van der Waals surface area (Å²) in [6.45, 7) is 9.50. The molecule has 0 saturated carbocycles. The number of hydrogen-bond acceptors (Lipinski definition) is 4. The lowest BCUT2D eigenvalue weighted by Gasteiger charge is -2.37. The molecule has 33 heavy (non-hydrogen) atoms. The molecule has 0 atom stereocenters. The van der Waals surface area contributed by atoms with E-state index in [-0.39, 0.29) is 5.91 Å². The summed E-state index contributed by atoms with van der Waals surface area (Å²) in [5.74, 6) is 0.111. The molecule has 2 heterocycles. The maximum Gasteiger partial charge on any atom is 0.230 e. The highest BCUT2D eigenvalue weighted by atomic mass is 35.5. The Morgan fingerprint density at radius 2 is 1.79 bits per heavy atom. The summed E-state index contributed by atoms with van der Waals surface area (Å²) in [5, 5.41) is 3.89. The van der Waals surface area contributed by atoms with Crippen molar-refractivity contribution in [2.45, 2.75) is 38.0 Å². The number of aryl methyl sites for hydroxylation is 1. The fraction of sp³-hybridized carbons (Fsp3) is 0.519. The highest BCUT2D eigenvalue weighted by Crippen LogP contribution is 2.36. The SMILES string of the molecule is Cc1cccc(N2CCN(CCCCNC(=O)C3(c4cccc(Cl)c4)CCOCC3)CC2)c1. The monoisotopic (exact) mass is 469 g/mol. The van der Waals surface area contributed by atoms with Crippen molar-refractivity contribution in [2.75, 3.05) is 57.4 Å². The fourth-order valence-electron chi connectivity index (χ4n) is 5.04. The second-order valence-corrected chi connectivity index (χ2v) is 9.77. The molecule has 2 aliphatic heterocycles. The lowest BCUT2D eigenvalue weighted by molar-refractivity contribution is -0.130. The number of benzene rings is 2. The van der Waals surface area contributed by atoms with Gasteiger partial charge in [-0.2, -0.15) is 0 Å². The summed E-state index contributed by atoms with van der Waals surface area (Å²) in [7, 11) is 0. The third kappa shape index (κ3) is 6.08. The first-order valence-electron chi connectivity index (χ1n) is 12.2. The van der Waals surface area contributed by atoms with E-state index < -0.39 is 5.41 Å². The number of nitrogens with one attached hydrogen (secondary N) is 1. The van der Waals surface area contributed by atoms with Gasteiger partial charge in [-0.1, -0.05) is 35.9 Å². The molecule has 0 aliphatic carbocycles. The standard InChI is InChI=1S/C27H36ClN3O2/c1-22-6-4-9-25(20-22)31-16-14-30(15-17-31)13-3-2-12-29-26(32)27(10-18-33-19-11-27)23-7-5-8-24(28)21-23/h4-9,20-21H,2-3,10-19H2,1H3,(H,29,32). The van der Waals surface area contributed by atoms with Crippen molar-refractivity contribution in [1.29, 1.82) is 0 Å². The zero-order chi connectivity index (χ0) is 23.1. The van der Waals surface area contributed by atoms with Crippen molar-refractivity contribution in [3.8, 4) is 0 Å². The van der Waals surface area contributed by atoms with E-state index in [4.69, 9.17) is 16.3 Å². The van der Waals surface area contributed by atoms with E-state index in [2.05, 4.69) is 46.3 Å². The quantitative estimate of drug-likeness (QED) is 0.581. The normalized spacial score (nSPS) is 18.8. The number of carbonyl (C=O) groups is 1. The van der Waals surface area contributed by atoms with Crippen molar-refractivity contribution in [2.24, 2.45) is 0 Å². The van der Waals surface area contributed by atoms with E-state index in [0.29, 0.717) is 37.6 Å². The summed E-state index contributed by atoms with van der Waals surface area (Å²) < 4.78 is 5.56. The van der Waals surface area contributed by atoms with Crippen LogP contribution in [0.25, 0.3) is 0 Å². The van der Waals surface area contributed by atoms with Crippen LogP contribution in [-0.2, 0) is 14.9 Å². The second kappa shape index (κ2) is 11.4. The van der Waals surface area contributed by atoms with Crippen molar-refractivity contribution in [3.63, 3.8) is 0 Å². The van der Waals surface area contributed by atoms with Gasteiger partial charge in [-0.3, -0.25) is 9.69 Å². The van der Waals surface area contributed by atoms with Crippen molar-refractivity contribution >= 4 is 23.2 Å². The maximum atomic E-state index is 13.3. The van der Waals surface area contributed by atoms with Crippen LogP contribution in [0.1, 0.15) is 36.8 Å². The van der Waals surface area contributed by atoms with Crippen LogP contribution in [0, 0.1) is 6.92 Å². The van der Waals surface area contributed by atoms with Crippen molar-refractivity contribution < 1.29 is 9.53 Å². The average molecular weight is 470 g/mol. The molecule has 1 amide bonds. The molecular formula is C27H36ClN3O2. The van der Waals surface area contributed by atoms with Crippen LogP contribution in [0.3, 0.4) is 0 Å². The third-order valence-electron chi connectivity index (χ3n) is 7.08. The van der Waals surface area contributed by atoms with Gasteiger partial charge in [-0.25, -0.2) is 0 Å². The van der Waals surface area contributed by atoms with E-state index in [9.17, 15) is 4.79 Å². The molecule has 0 spiro atoms. The lowest BCUT2D eigenvalue weighted by atomic mass is 9.73.